The molecule has 126 valence electrons. The molecule has 2 rings (SSSR count). The molecule has 0 fully saturated rings. The lowest BCUT2D eigenvalue weighted by molar-refractivity contribution is -0.114. The van der Waals surface area contributed by atoms with Gasteiger partial charge < -0.3 is 20.1 Å². The number of nitrogens with one attached hydrogen (secondary N) is 2. The molecule has 2 N–H and O–H groups in total. The molecule has 6 nitrogen and oxygen atoms in total. The van der Waals surface area contributed by atoms with Gasteiger partial charge in [-0.05, 0) is 42.8 Å². The van der Waals surface area contributed by atoms with Crippen LogP contribution in [-0.4, -0.2) is 32.6 Å². The monoisotopic (exact) mass is 328 g/mol. The van der Waals surface area contributed by atoms with Crippen molar-refractivity contribution < 1.29 is 19.1 Å². The molecule has 2 aromatic rings. The molecule has 0 aromatic heterocycles. The summed E-state index contributed by atoms with van der Waals surface area (Å²) in [4.78, 5) is 23.6. The summed E-state index contributed by atoms with van der Waals surface area (Å²) in [6.45, 7) is 2.03. The Labute approximate surface area is 140 Å². The highest BCUT2D eigenvalue weighted by Gasteiger charge is 2.09. The van der Waals surface area contributed by atoms with E-state index in [1.54, 1.807) is 31.4 Å². The number of anilines is 2. The highest BCUT2D eigenvalue weighted by Crippen LogP contribution is 2.24. The van der Waals surface area contributed by atoms with Gasteiger partial charge in [0.2, 0.25) is 5.91 Å². The summed E-state index contributed by atoms with van der Waals surface area (Å²) in [7, 11) is 2.89. The second-order valence-corrected chi connectivity index (χ2v) is 5.18. The number of benzene rings is 2. The van der Waals surface area contributed by atoms with Crippen LogP contribution in [0, 0.1) is 6.92 Å². The molecule has 0 aliphatic rings. The van der Waals surface area contributed by atoms with Gasteiger partial charge in [0.15, 0.2) is 0 Å². The molecule has 2 aromatic carbocycles. The molecule has 24 heavy (non-hydrogen) atoms. The average Bonchev–Trinajstić information content (AvgIpc) is 2.59. The highest BCUT2D eigenvalue weighted by atomic mass is 16.5. The van der Waals surface area contributed by atoms with Crippen molar-refractivity contribution in [2.75, 3.05) is 31.4 Å². The Balaban J connectivity index is 1.99. The maximum Gasteiger partial charge on any atom is 0.337 e. The van der Waals surface area contributed by atoms with E-state index in [9.17, 15) is 9.59 Å². The van der Waals surface area contributed by atoms with Crippen LogP contribution < -0.4 is 15.4 Å². The van der Waals surface area contributed by atoms with Crippen LogP contribution in [0.4, 0.5) is 11.4 Å². The van der Waals surface area contributed by atoms with Crippen molar-refractivity contribution in [2.45, 2.75) is 6.92 Å². The van der Waals surface area contributed by atoms with Crippen LogP contribution in [0.5, 0.6) is 5.75 Å². The molecule has 0 heterocycles. The molecular formula is C18H20N2O4. The second kappa shape index (κ2) is 8.01. The first-order valence-corrected chi connectivity index (χ1v) is 7.40. The summed E-state index contributed by atoms with van der Waals surface area (Å²) in [6.07, 6.45) is 0. The average molecular weight is 328 g/mol. The number of rotatable bonds is 6. The smallest absolute Gasteiger partial charge is 0.337 e. The molecule has 0 radical (unpaired) electrons. The Morgan fingerprint density at radius 1 is 1.08 bits per heavy atom. The van der Waals surface area contributed by atoms with Crippen molar-refractivity contribution in [2.24, 2.45) is 0 Å². The van der Waals surface area contributed by atoms with Gasteiger partial charge in [0.25, 0.3) is 0 Å². The zero-order chi connectivity index (χ0) is 17.5. The number of ether oxygens (including phenoxy) is 2. The van der Waals surface area contributed by atoms with Gasteiger partial charge in [0.1, 0.15) is 5.75 Å². The summed E-state index contributed by atoms with van der Waals surface area (Å²) >= 11 is 0. The van der Waals surface area contributed by atoms with E-state index in [4.69, 9.17) is 4.74 Å². The summed E-state index contributed by atoms with van der Waals surface area (Å²) in [5.74, 6) is -0.0182. The van der Waals surface area contributed by atoms with Gasteiger partial charge in [-0.3, -0.25) is 4.79 Å². The third kappa shape index (κ3) is 4.49. The Bertz CT molecular complexity index is 744. The SMILES string of the molecule is COC(=O)c1cccc(NC(=O)CNc2cc(C)ccc2OC)c1. The quantitative estimate of drug-likeness (QED) is 0.798. The summed E-state index contributed by atoms with van der Waals surface area (Å²) < 4.78 is 9.92. The van der Waals surface area contributed by atoms with Crippen molar-refractivity contribution in [1.82, 2.24) is 0 Å². The van der Waals surface area contributed by atoms with Gasteiger partial charge in [-0.2, -0.15) is 0 Å². The molecule has 0 aliphatic heterocycles. The molecular weight excluding hydrogens is 308 g/mol. The first-order chi connectivity index (χ1) is 11.5. The lowest BCUT2D eigenvalue weighted by atomic mass is 10.2. The second-order valence-electron chi connectivity index (χ2n) is 5.18. The van der Waals surface area contributed by atoms with Crippen LogP contribution in [0.3, 0.4) is 0 Å². The molecule has 0 unspecified atom stereocenters. The van der Waals surface area contributed by atoms with E-state index in [2.05, 4.69) is 15.4 Å². The van der Waals surface area contributed by atoms with E-state index in [1.165, 1.54) is 7.11 Å². The van der Waals surface area contributed by atoms with Crippen LogP contribution in [0.15, 0.2) is 42.5 Å². The number of carbonyl (C=O) groups excluding carboxylic acids is 2. The van der Waals surface area contributed by atoms with Crippen LogP contribution >= 0.6 is 0 Å². The first-order valence-electron chi connectivity index (χ1n) is 7.40. The van der Waals surface area contributed by atoms with Crippen molar-refractivity contribution >= 4 is 23.3 Å². The van der Waals surface area contributed by atoms with Crippen molar-refractivity contribution in [1.29, 1.82) is 0 Å². The minimum atomic E-state index is -0.450. The fourth-order valence-corrected chi connectivity index (χ4v) is 2.18. The van der Waals surface area contributed by atoms with Crippen LogP contribution in [0.1, 0.15) is 15.9 Å². The fourth-order valence-electron chi connectivity index (χ4n) is 2.18. The van der Waals surface area contributed by atoms with Gasteiger partial charge in [-0.15, -0.1) is 0 Å². The minimum absolute atomic E-state index is 0.0717. The minimum Gasteiger partial charge on any atom is -0.495 e. The van der Waals surface area contributed by atoms with Gasteiger partial charge in [0, 0.05) is 5.69 Å². The van der Waals surface area contributed by atoms with Gasteiger partial charge in [-0.25, -0.2) is 4.79 Å². The third-order valence-corrected chi connectivity index (χ3v) is 3.36. The van der Waals surface area contributed by atoms with Gasteiger partial charge in [-0.1, -0.05) is 12.1 Å². The number of carbonyl (C=O) groups is 2. The zero-order valence-corrected chi connectivity index (χ0v) is 13.9. The van der Waals surface area contributed by atoms with Gasteiger partial charge in [0.05, 0.1) is 32.0 Å². The van der Waals surface area contributed by atoms with E-state index in [0.29, 0.717) is 17.0 Å². The zero-order valence-electron chi connectivity index (χ0n) is 13.9. The van der Waals surface area contributed by atoms with E-state index < -0.39 is 5.97 Å². The van der Waals surface area contributed by atoms with Crippen molar-refractivity contribution in [3.63, 3.8) is 0 Å². The van der Waals surface area contributed by atoms with E-state index >= 15 is 0 Å². The lowest BCUT2D eigenvalue weighted by Gasteiger charge is -2.12. The summed E-state index contributed by atoms with van der Waals surface area (Å²) in [5.41, 5.74) is 2.71. The van der Waals surface area contributed by atoms with E-state index in [1.807, 2.05) is 25.1 Å². The highest BCUT2D eigenvalue weighted by molar-refractivity contribution is 5.96. The summed E-state index contributed by atoms with van der Waals surface area (Å²) in [6, 6.07) is 12.3. The number of amides is 1. The predicted molar refractivity (Wildman–Crippen MR) is 92.6 cm³/mol. The molecule has 6 heteroatoms. The van der Waals surface area contributed by atoms with Crippen LogP contribution in [0.2, 0.25) is 0 Å². The summed E-state index contributed by atoms with van der Waals surface area (Å²) in [5, 5.41) is 5.78. The molecule has 0 aliphatic carbocycles. The molecule has 0 saturated heterocycles. The fraction of sp³-hybridized carbons (Fsp3) is 0.222. The molecule has 1 amide bonds. The molecule has 0 spiro atoms. The molecule has 0 saturated carbocycles. The topological polar surface area (TPSA) is 76.7 Å². The maximum absolute atomic E-state index is 12.1. The Morgan fingerprint density at radius 3 is 2.58 bits per heavy atom. The van der Waals surface area contributed by atoms with Crippen molar-refractivity contribution in [3.05, 3.63) is 53.6 Å². The normalized spacial score (nSPS) is 9.96. The Kier molecular flexibility index (Phi) is 5.78. The largest absolute Gasteiger partial charge is 0.495 e. The van der Waals surface area contributed by atoms with Crippen LogP contribution in [0.25, 0.3) is 0 Å². The number of aryl methyl sites for hydroxylation is 1. The Morgan fingerprint density at radius 2 is 1.88 bits per heavy atom. The van der Waals surface area contributed by atoms with Crippen molar-refractivity contribution in [3.8, 4) is 5.75 Å². The number of methoxy groups -OCH3 is 2. The van der Waals surface area contributed by atoms with E-state index in [-0.39, 0.29) is 12.5 Å². The first kappa shape index (κ1) is 17.3. The predicted octanol–water partition coefficient (Wildman–Crippen LogP) is 2.84. The lowest BCUT2D eigenvalue weighted by Crippen LogP contribution is -2.22. The number of esters is 1. The number of hydrogen-bond donors (Lipinski definition) is 2. The van der Waals surface area contributed by atoms with E-state index in [0.717, 1.165) is 11.3 Å². The standard InChI is InChI=1S/C18H20N2O4/c1-12-7-8-16(23-2)15(9-12)19-11-17(21)20-14-6-4-5-13(10-14)18(22)24-3/h4-10,19H,11H2,1-3H3,(H,20,21). The Hall–Kier alpha value is -3.02. The molecule has 0 atom stereocenters. The number of hydrogen-bond acceptors (Lipinski definition) is 5. The van der Waals surface area contributed by atoms with Crippen LogP contribution in [-0.2, 0) is 9.53 Å². The van der Waals surface area contributed by atoms with Gasteiger partial charge >= 0.3 is 5.97 Å². The third-order valence-electron chi connectivity index (χ3n) is 3.36. The molecule has 0 bridgehead atoms. The maximum atomic E-state index is 12.1.